The molecule has 3 N–H and O–H groups in total. The number of nitrogens with zero attached hydrogens (tertiary/aromatic N) is 1. The summed E-state index contributed by atoms with van der Waals surface area (Å²) < 4.78 is 15.8. The summed E-state index contributed by atoms with van der Waals surface area (Å²) in [5, 5.41) is 21.2. The quantitative estimate of drug-likeness (QED) is 0.512. The van der Waals surface area contributed by atoms with Crippen LogP contribution in [-0.4, -0.2) is 52.5 Å². The Balaban J connectivity index is 1.28. The van der Waals surface area contributed by atoms with Gasteiger partial charge in [-0.05, 0) is 56.3 Å². The molecule has 0 spiro atoms. The second-order valence-electron chi connectivity index (χ2n) is 8.68. The molecule has 2 amide bonds. The topological polar surface area (TPSA) is 123 Å². The normalized spacial score (nSPS) is 26.0. The average Bonchev–Trinajstić information content (AvgIpc) is 3.19. The van der Waals surface area contributed by atoms with Crippen LogP contribution in [-0.2, 0) is 9.59 Å². The molecule has 3 aliphatic carbocycles. The molecule has 3 saturated carbocycles. The van der Waals surface area contributed by atoms with Crippen LogP contribution >= 0.6 is 23.2 Å². The monoisotopic (exact) mass is 497 g/mol. The Morgan fingerprint density at radius 2 is 1.79 bits per heavy atom. The molecule has 2 bridgehead atoms. The van der Waals surface area contributed by atoms with Crippen molar-refractivity contribution in [2.75, 3.05) is 13.2 Å². The maximum atomic E-state index is 12.5. The molecule has 2 aromatic rings. The number of hydrogen-bond acceptors (Lipinski definition) is 7. The number of halogens is 2. The summed E-state index contributed by atoms with van der Waals surface area (Å²) >= 11 is 11.8. The molecule has 1 heterocycles. The van der Waals surface area contributed by atoms with Crippen molar-refractivity contribution < 1.29 is 28.7 Å². The van der Waals surface area contributed by atoms with Gasteiger partial charge in [0.15, 0.2) is 13.2 Å². The zero-order valence-corrected chi connectivity index (χ0v) is 19.5. The molecule has 0 saturated heterocycles. The third kappa shape index (κ3) is 5.37. The molecule has 0 aliphatic heterocycles. The summed E-state index contributed by atoms with van der Waals surface area (Å²) in [7, 11) is 0. The van der Waals surface area contributed by atoms with E-state index in [-0.39, 0.29) is 30.9 Å². The number of aliphatic hydroxyl groups is 1. The molecule has 1 atom stereocenters. The number of carbonyl (C=O) groups is 2. The first-order chi connectivity index (χ1) is 15.7. The lowest BCUT2D eigenvalue weighted by atomic mass is 9.60. The van der Waals surface area contributed by atoms with E-state index in [1.54, 1.807) is 25.1 Å². The van der Waals surface area contributed by atoms with Crippen LogP contribution in [0, 0.1) is 6.92 Å². The standard InChI is InChI=1S/C22H25Cl2N3O6/c1-13-8-20(27-33-13)32-12-18(29)25-21-4-6-22(7-5-21,17(28)10-21)26-19(30)11-31-14-2-3-15(23)16(24)9-14/h2-3,8-9,17,28H,4-7,10-12H2,1H3,(H,25,29)(H,26,30). The fourth-order valence-corrected chi connectivity index (χ4v) is 4.86. The largest absolute Gasteiger partial charge is 0.484 e. The van der Waals surface area contributed by atoms with Gasteiger partial charge >= 0.3 is 0 Å². The van der Waals surface area contributed by atoms with Crippen molar-refractivity contribution in [3.63, 3.8) is 0 Å². The third-order valence-electron chi connectivity index (χ3n) is 6.33. The van der Waals surface area contributed by atoms with Crippen molar-refractivity contribution in [2.45, 2.75) is 56.2 Å². The van der Waals surface area contributed by atoms with Gasteiger partial charge in [-0.3, -0.25) is 9.59 Å². The molecular formula is C22H25Cl2N3O6. The van der Waals surface area contributed by atoms with E-state index >= 15 is 0 Å². The molecule has 1 aromatic heterocycles. The summed E-state index contributed by atoms with van der Waals surface area (Å²) in [5.41, 5.74) is -1.26. The van der Waals surface area contributed by atoms with Gasteiger partial charge in [-0.1, -0.05) is 23.2 Å². The molecule has 9 nitrogen and oxygen atoms in total. The number of aryl methyl sites for hydroxylation is 1. The third-order valence-corrected chi connectivity index (χ3v) is 7.07. The number of hydrogen-bond donors (Lipinski definition) is 3. The van der Waals surface area contributed by atoms with Crippen LogP contribution in [0.2, 0.25) is 10.0 Å². The van der Waals surface area contributed by atoms with Gasteiger partial charge in [0, 0.05) is 17.7 Å². The summed E-state index contributed by atoms with van der Waals surface area (Å²) in [5.74, 6) is 0.630. The number of aliphatic hydroxyl groups excluding tert-OH is 1. The van der Waals surface area contributed by atoms with E-state index in [0.29, 0.717) is 53.7 Å². The van der Waals surface area contributed by atoms with Gasteiger partial charge in [-0.2, -0.15) is 0 Å². The minimum Gasteiger partial charge on any atom is -0.484 e. The Morgan fingerprint density at radius 1 is 1.09 bits per heavy atom. The molecule has 11 heteroatoms. The number of amides is 2. The van der Waals surface area contributed by atoms with Crippen molar-refractivity contribution in [3.05, 3.63) is 40.1 Å². The maximum absolute atomic E-state index is 12.5. The first-order valence-electron chi connectivity index (χ1n) is 10.6. The Kier molecular flexibility index (Phi) is 6.74. The molecule has 33 heavy (non-hydrogen) atoms. The molecular weight excluding hydrogens is 473 g/mol. The van der Waals surface area contributed by atoms with E-state index < -0.39 is 17.2 Å². The fourth-order valence-electron chi connectivity index (χ4n) is 4.57. The highest BCUT2D eigenvalue weighted by Gasteiger charge is 2.55. The number of rotatable bonds is 8. The van der Waals surface area contributed by atoms with Crippen molar-refractivity contribution >= 4 is 35.0 Å². The number of carbonyl (C=O) groups excluding carboxylic acids is 2. The molecule has 0 radical (unpaired) electrons. The number of aromatic nitrogens is 1. The van der Waals surface area contributed by atoms with Crippen molar-refractivity contribution in [2.24, 2.45) is 0 Å². The summed E-state index contributed by atoms with van der Waals surface area (Å²) in [6, 6.07) is 6.35. The lowest BCUT2D eigenvalue weighted by Crippen LogP contribution is -2.70. The Bertz CT molecular complexity index is 1030. The van der Waals surface area contributed by atoms with Gasteiger partial charge < -0.3 is 29.7 Å². The Labute approximate surface area is 200 Å². The van der Waals surface area contributed by atoms with E-state index in [4.69, 9.17) is 37.2 Å². The predicted octanol–water partition coefficient (Wildman–Crippen LogP) is 2.80. The van der Waals surface area contributed by atoms with E-state index in [1.807, 2.05) is 0 Å². The molecule has 3 fully saturated rings. The molecule has 178 valence electrons. The van der Waals surface area contributed by atoms with Crippen LogP contribution in [0.15, 0.2) is 28.8 Å². The van der Waals surface area contributed by atoms with Crippen LogP contribution < -0.4 is 20.1 Å². The maximum Gasteiger partial charge on any atom is 0.258 e. The van der Waals surface area contributed by atoms with Gasteiger partial charge in [-0.15, -0.1) is 0 Å². The zero-order chi connectivity index (χ0) is 23.6. The average molecular weight is 498 g/mol. The van der Waals surface area contributed by atoms with Gasteiger partial charge in [0.2, 0.25) is 0 Å². The van der Waals surface area contributed by atoms with Gasteiger partial charge in [0.05, 0.1) is 21.7 Å². The fraction of sp³-hybridized carbons (Fsp3) is 0.500. The van der Waals surface area contributed by atoms with E-state index in [9.17, 15) is 14.7 Å². The van der Waals surface area contributed by atoms with Crippen LogP contribution in [0.4, 0.5) is 0 Å². The Morgan fingerprint density at radius 3 is 2.42 bits per heavy atom. The van der Waals surface area contributed by atoms with Crippen molar-refractivity contribution in [1.29, 1.82) is 0 Å². The number of ether oxygens (including phenoxy) is 2. The van der Waals surface area contributed by atoms with Crippen LogP contribution in [0.25, 0.3) is 0 Å². The first kappa shape index (κ1) is 23.7. The minimum atomic E-state index is -0.798. The first-order valence-corrected chi connectivity index (χ1v) is 11.4. The number of fused-ring (bicyclic) bond motifs is 3. The lowest BCUT2D eigenvalue weighted by molar-refractivity contribution is -0.137. The highest BCUT2D eigenvalue weighted by Crippen LogP contribution is 2.47. The van der Waals surface area contributed by atoms with Gasteiger partial charge in [-0.25, -0.2) is 0 Å². The number of nitrogens with one attached hydrogen (secondary N) is 2. The van der Waals surface area contributed by atoms with Crippen molar-refractivity contribution in [1.82, 2.24) is 15.8 Å². The van der Waals surface area contributed by atoms with E-state index in [0.717, 1.165) is 0 Å². The number of benzene rings is 1. The van der Waals surface area contributed by atoms with Gasteiger partial charge in [0.25, 0.3) is 17.7 Å². The second kappa shape index (κ2) is 9.40. The van der Waals surface area contributed by atoms with Gasteiger partial charge in [0.1, 0.15) is 11.5 Å². The highest BCUT2D eigenvalue weighted by atomic mass is 35.5. The minimum absolute atomic E-state index is 0.197. The van der Waals surface area contributed by atoms with Crippen LogP contribution in [0.1, 0.15) is 37.9 Å². The Hall–Kier alpha value is -2.49. The smallest absolute Gasteiger partial charge is 0.258 e. The van der Waals surface area contributed by atoms with E-state index in [1.165, 1.54) is 6.07 Å². The highest BCUT2D eigenvalue weighted by molar-refractivity contribution is 6.42. The summed E-state index contributed by atoms with van der Waals surface area (Å²) in [6.45, 7) is 1.32. The summed E-state index contributed by atoms with van der Waals surface area (Å²) in [6.07, 6.45) is 1.88. The van der Waals surface area contributed by atoms with Crippen LogP contribution in [0.3, 0.4) is 0 Å². The lowest BCUT2D eigenvalue weighted by Gasteiger charge is -2.56. The van der Waals surface area contributed by atoms with Crippen LogP contribution in [0.5, 0.6) is 11.6 Å². The molecule has 5 rings (SSSR count). The second-order valence-corrected chi connectivity index (χ2v) is 9.50. The molecule has 3 aliphatic rings. The molecule has 1 aromatic carbocycles. The van der Waals surface area contributed by atoms with Crippen molar-refractivity contribution in [3.8, 4) is 11.6 Å². The zero-order valence-electron chi connectivity index (χ0n) is 18.0. The van der Waals surface area contributed by atoms with E-state index in [2.05, 4.69) is 15.8 Å². The predicted molar refractivity (Wildman–Crippen MR) is 120 cm³/mol. The molecule has 1 unspecified atom stereocenters. The summed E-state index contributed by atoms with van der Waals surface area (Å²) in [4.78, 5) is 25.0. The SMILES string of the molecule is Cc1cc(OCC(=O)NC23CCC(NC(=O)COc4ccc(Cl)c(Cl)c4)(CC2)C(O)C3)no1.